The van der Waals surface area contributed by atoms with Crippen molar-refractivity contribution in [2.45, 2.75) is 38.4 Å². The lowest BCUT2D eigenvalue weighted by Crippen LogP contribution is -2.37. The molecule has 1 fully saturated rings. The Kier molecular flexibility index (Phi) is 2.94. The Morgan fingerprint density at radius 2 is 2.46 bits per heavy atom. The summed E-state index contributed by atoms with van der Waals surface area (Å²) in [5.41, 5.74) is -0.773. The van der Waals surface area contributed by atoms with Gasteiger partial charge in [-0.25, -0.2) is 4.79 Å². The van der Waals surface area contributed by atoms with Crippen molar-refractivity contribution in [2.75, 3.05) is 6.61 Å². The first kappa shape index (κ1) is 10.1. The normalized spacial score (nSPS) is 29.3. The molecule has 1 heterocycles. The van der Waals surface area contributed by atoms with E-state index in [4.69, 9.17) is 15.9 Å². The lowest BCUT2D eigenvalue weighted by atomic mass is 10.0. The third kappa shape index (κ3) is 2.22. The molecule has 0 aromatic rings. The van der Waals surface area contributed by atoms with Gasteiger partial charge in [0.05, 0.1) is 0 Å². The van der Waals surface area contributed by atoms with Gasteiger partial charge in [0.15, 0.2) is 11.7 Å². The number of ether oxygens (including phenoxy) is 2. The molecule has 3 heteroatoms. The third-order valence-corrected chi connectivity index (χ3v) is 2.17. The second kappa shape index (κ2) is 3.80. The average molecular weight is 182 g/mol. The Bertz CT molecular complexity index is 233. The van der Waals surface area contributed by atoms with Crippen molar-refractivity contribution in [3.8, 4) is 12.3 Å². The molecule has 0 amide bonds. The molecule has 2 atom stereocenters. The average Bonchev–Trinajstić information content (AvgIpc) is 2.53. The monoisotopic (exact) mass is 182 g/mol. The van der Waals surface area contributed by atoms with Crippen molar-refractivity contribution < 1.29 is 14.3 Å². The highest BCUT2D eigenvalue weighted by molar-refractivity contribution is 5.79. The molecule has 13 heavy (non-hydrogen) atoms. The molecule has 1 saturated heterocycles. The van der Waals surface area contributed by atoms with Gasteiger partial charge in [0.25, 0.3) is 0 Å². The molecule has 0 aromatic carbocycles. The third-order valence-electron chi connectivity index (χ3n) is 2.17. The molecular weight excluding hydrogens is 168 g/mol. The molecule has 0 aliphatic carbocycles. The number of hydrogen-bond acceptors (Lipinski definition) is 3. The lowest BCUT2D eigenvalue weighted by molar-refractivity contribution is -0.167. The van der Waals surface area contributed by atoms with Crippen LogP contribution in [-0.4, -0.2) is 24.3 Å². The molecule has 72 valence electrons. The van der Waals surface area contributed by atoms with Crippen LogP contribution in [0.5, 0.6) is 0 Å². The standard InChI is InChI=1S/C10H14O3/c1-4-8(2)13-9(11)10(3)6-5-7-12-10/h1,8H,5-7H2,2-3H3. The van der Waals surface area contributed by atoms with Crippen LogP contribution in [0.25, 0.3) is 0 Å². The maximum absolute atomic E-state index is 11.5. The molecular formula is C10H14O3. The number of hydrogen-bond donors (Lipinski definition) is 0. The summed E-state index contributed by atoms with van der Waals surface area (Å²) in [6, 6.07) is 0. The summed E-state index contributed by atoms with van der Waals surface area (Å²) in [5.74, 6) is 1.99. The molecule has 0 radical (unpaired) electrons. The molecule has 0 N–H and O–H groups in total. The highest BCUT2D eigenvalue weighted by atomic mass is 16.6. The number of carbonyl (C=O) groups is 1. The number of rotatable bonds is 2. The van der Waals surface area contributed by atoms with Gasteiger partial charge in [0, 0.05) is 6.61 Å². The Balaban J connectivity index is 2.52. The molecule has 0 saturated carbocycles. The van der Waals surface area contributed by atoms with Crippen LogP contribution in [0.1, 0.15) is 26.7 Å². The van der Waals surface area contributed by atoms with E-state index < -0.39 is 11.7 Å². The largest absolute Gasteiger partial charge is 0.447 e. The van der Waals surface area contributed by atoms with Gasteiger partial charge in [0.2, 0.25) is 0 Å². The molecule has 1 rings (SSSR count). The lowest BCUT2D eigenvalue weighted by Gasteiger charge is -2.21. The zero-order valence-electron chi connectivity index (χ0n) is 8.00. The Hall–Kier alpha value is -1.01. The molecule has 0 bridgehead atoms. The molecule has 1 aliphatic heterocycles. The van der Waals surface area contributed by atoms with Gasteiger partial charge < -0.3 is 9.47 Å². The predicted octanol–water partition coefficient (Wildman–Crippen LogP) is 1.12. The number of esters is 1. The highest BCUT2D eigenvalue weighted by Gasteiger charge is 2.39. The molecule has 0 spiro atoms. The van der Waals surface area contributed by atoms with Crippen LogP contribution in [-0.2, 0) is 14.3 Å². The van der Waals surface area contributed by atoms with Crippen molar-refractivity contribution in [3.05, 3.63) is 0 Å². The van der Waals surface area contributed by atoms with Crippen LogP contribution in [0.15, 0.2) is 0 Å². The summed E-state index contributed by atoms with van der Waals surface area (Å²) in [4.78, 5) is 11.5. The predicted molar refractivity (Wildman–Crippen MR) is 48.0 cm³/mol. The summed E-state index contributed by atoms with van der Waals surface area (Å²) in [6.07, 6.45) is 6.23. The first-order valence-electron chi connectivity index (χ1n) is 4.40. The van der Waals surface area contributed by atoms with Gasteiger partial charge in [-0.3, -0.25) is 0 Å². The van der Waals surface area contributed by atoms with Crippen molar-refractivity contribution in [1.29, 1.82) is 0 Å². The fraction of sp³-hybridized carbons (Fsp3) is 0.700. The second-order valence-corrected chi connectivity index (χ2v) is 3.40. The van der Waals surface area contributed by atoms with E-state index in [1.807, 2.05) is 0 Å². The fourth-order valence-corrected chi connectivity index (χ4v) is 1.26. The van der Waals surface area contributed by atoms with Gasteiger partial charge in [-0.05, 0) is 26.7 Å². The molecule has 0 aromatic heterocycles. The van der Waals surface area contributed by atoms with Crippen LogP contribution in [0.4, 0.5) is 0 Å². The summed E-state index contributed by atoms with van der Waals surface area (Å²) in [6.45, 7) is 4.03. The molecule has 3 nitrogen and oxygen atoms in total. The van der Waals surface area contributed by atoms with E-state index in [9.17, 15) is 4.79 Å². The van der Waals surface area contributed by atoms with E-state index in [0.717, 1.165) is 6.42 Å². The van der Waals surface area contributed by atoms with Crippen molar-refractivity contribution in [2.24, 2.45) is 0 Å². The van der Waals surface area contributed by atoms with Crippen LogP contribution in [0.2, 0.25) is 0 Å². The summed E-state index contributed by atoms with van der Waals surface area (Å²) in [5, 5.41) is 0. The van der Waals surface area contributed by atoms with Crippen LogP contribution in [0.3, 0.4) is 0 Å². The van der Waals surface area contributed by atoms with Gasteiger partial charge >= 0.3 is 5.97 Å². The topological polar surface area (TPSA) is 35.5 Å². The van der Waals surface area contributed by atoms with Crippen LogP contribution in [0, 0.1) is 12.3 Å². The van der Waals surface area contributed by atoms with Gasteiger partial charge in [-0.15, -0.1) is 6.42 Å². The van der Waals surface area contributed by atoms with E-state index in [1.165, 1.54) is 0 Å². The van der Waals surface area contributed by atoms with Crippen LogP contribution >= 0.6 is 0 Å². The zero-order valence-corrected chi connectivity index (χ0v) is 8.00. The first-order valence-corrected chi connectivity index (χ1v) is 4.40. The molecule has 2 unspecified atom stereocenters. The van der Waals surface area contributed by atoms with Crippen molar-refractivity contribution >= 4 is 5.97 Å². The minimum absolute atomic E-state index is 0.351. The van der Waals surface area contributed by atoms with Gasteiger partial charge in [-0.1, -0.05) is 5.92 Å². The SMILES string of the molecule is C#CC(C)OC(=O)C1(C)CCCO1. The minimum atomic E-state index is -0.773. The number of terminal acetylenes is 1. The maximum atomic E-state index is 11.5. The Morgan fingerprint density at radius 3 is 2.92 bits per heavy atom. The van der Waals surface area contributed by atoms with E-state index >= 15 is 0 Å². The second-order valence-electron chi connectivity index (χ2n) is 3.40. The van der Waals surface area contributed by atoms with Crippen molar-refractivity contribution in [3.63, 3.8) is 0 Å². The van der Waals surface area contributed by atoms with E-state index in [2.05, 4.69) is 5.92 Å². The van der Waals surface area contributed by atoms with Crippen LogP contribution < -0.4 is 0 Å². The first-order chi connectivity index (χ1) is 6.08. The quantitative estimate of drug-likeness (QED) is 0.474. The zero-order chi connectivity index (χ0) is 9.90. The van der Waals surface area contributed by atoms with Crippen molar-refractivity contribution in [1.82, 2.24) is 0 Å². The van der Waals surface area contributed by atoms with Gasteiger partial charge in [0.1, 0.15) is 0 Å². The fourth-order valence-electron chi connectivity index (χ4n) is 1.26. The Morgan fingerprint density at radius 1 is 1.77 bits per heavy atom. The highest BCUT2D eigenvalue weighted by Crippen LogP contribution is 2.26. The molecule has 1 aliphatic rings. The van der Waals surface area contributed by atoms with E-state index in [0.29, 0.717) is 13.0 Å². The minimum Gasteiger partial charge on any atom is -0.447 e. The Labute approximate surface area is 78.4 Å². The maximum Gasteiger partial charge on any atom is 0.339 e. The van der Waals surface area contributed by atoms with Gasteiger partial charge in [-0.2, -0.15) is 0 Å². The summed E-state index contributed by atoms with van der Waals surface area (Å²) in [7, 11) is 0. The smallest absolute Gasteiger partial charge is 0.339 e. The summed E-state index contributed by atoms with van der Waals surface area (Å²) < 4.78 is 10.3. The summed E-state index contributed by atoms with van der Waals surface area (Å²) >= 11 is 0. The number of carbonyl (C=O) groups excluding carboxylic acids is 1. The van der Waals surface area contributed by atoms with E-state index in [-0.39, 0.29) is 5.97 Å². The van der Waals surface area contributed by atoms with E-state index in [1.54, 1.807) is 13.8 Å².